The second kappa shape index (κ2) is 12.9. The SMILES string of the molecule is CNc1nc(N(C)C)nc(C)c1N=CCCCCCOC(=O)NCc1ccc(F)c(Cl)c1F. The fourth-order valence-corrected chi connectivity index (χ4v) is 3.02. The first kappa shape index (κ1) is 26.2. The highest BCUT2D eigenvalue weighted by molar-refractivity contribution is 6.30. The van der Waals surface area contributed by atoms with E-state index in [1.54, 1.807) is 7.05 Å². The van der Waals surface area contributed by atoms with Crippen molar-refractivity contribution in [2.24, 2.45) is 4.99 Å². The minimum absolute atomic E-state index is 0.0797. The zero-order valence-electron chi connectivity index (χ0n) is 19.2. The lowest BCUT2D eigenvalue weighted by Gasteiger charge is -2.14. The number of nitrogens with one attached hydrogen (secondary N) is 2. The first-order chi connectivity index (χ1) is 15.7. The maximum atomic E-state index is 13.8. The zero-order chi connectivity index (χ0) is 24.4. The van der Waals surface area contributed by atoms with Gasteiger partial charge in [-0.05, 0) is 38.7 Å². The Bertz CT molecular complexity index is 988. The van der Waals surface area contributed by atoms with Gasteiger partial charge >= 0.3 is 6.09 Å². The van der Waals surface area contributed by atoms with Crippen molar-refractivity contribution in [2.45, 2.75) is 39.2 Å². The first-order valence-corrected chi connectivity index (χ1v) is 10.9. The smallest absolute Gasteiger partial charge is 0.407 e. The van der Waals surface area contributed by atoms with E-state index in [4.69, 9.17) is 16.3 Å². The Morgan fingerprint density at radius 3 is 2.70 bits per heavy atom. The van der Waals surface area contributed by atoms with Gasteiger partial charge in [-0.1, -0.05) is 17.7 Å². The summed E-state index contributed by atoms with van der Waals surface area (Å²) in [5, 5.41) is 4.87. The molecule has 0 saturated carbocycles. The summed E-state index contributed by atoms with van der Waals surface area (Å²) < 4.78 is 32.0. The molecular formula is C22H29ClF2N6O2. The van der Waals surface area contributed by atoms with Crippen LogP contribution in [0.5, 0.6) is 0 Å². The number of nitrogens with zero attached hydrogens (tertiary/aromatic N) is 4. The monoisotopic (exact) mass is 482 g/mol. The third-order valence-corrected chi connectivity index (χ3v) is 5.00. The average Bonchev–Trinajstić information content (AvgIpc) is 2.79. The van der Waals surface area contributed by atoms with Crippen LogP contribution in [0.15, 0.2) is 17.1 Å². The molecule has 1 aromatic carbocycles. The van der Waals surface area contributed by atoms with E-state index in [-0.39, 0.29) is 18.7 Å². The number of rotatable bonds is 11. The van der Waals surface area contributed by atoms with Crippen molar-refractivity contribution in [1.82, 2.24) is 15.3 Å². The van der Waals surface area contributed by atoms with E-state index in [1.165, 1.54) is 6.07 Å². The number of carbonyl (C=O) groups excluding carboxylic acids is 1. The number of aliphatic imine (C=N–C) groups is 1. The van der Waals surface area contributed by atoms with Crippen LogP contribution >= 0.6 is 11.6 Å². The van der Waals surface area contributed by atoms with Crippen LogP contribution in [0.25, 0.3) is 0 Å². The summed E-state index contributed by atoms with van der Waals surface area (Å²) in [4.78, 5) is 27.0. The van der Waals surface area contributed by atoms with Gasteiger partial charge in [0.05, 0.1) is 12.3 Å². The Balaban J connectivity index is 1.67. The number of unbranched alkanes of at least 4 members (excludes halogenated alkanes) is 3. The lowest BCUT2D eigenvalue weighted by atomic mass is 10.2. The molecule has 1 heterocycles. The summed E-state index contributed by atoms with van der Waals surface area (Å²) in [6.45, 7) is 1.98. The maximum Gasteiger partial charge on any atom is 0.407 e. The highest BCUT2D eigenvalue weighted by Crippen LogP contribution is 2.27. The van der Waals surface area contributed by atoms with E-state index in [0.29, 0.717) is 23.9 Å². The number of aryl methyl sites for hydroxylation is 1. The summed E-state index contributed by atoms with van der Waals surface area (Å²) >= 11 is 5.51. The standard InChI is InChI=1S/C22H29ClF2N6O2/c1-14-19(20(26-2)30-21(29-14)31(3)4)27-11-7-5-6-8-12-33-22(32)28-13-15-9-10-16(24)17(23)18(15)25/h9-11H,5-8,12-13H2,1-4H3,(H,28,32)(H,26,29,30). The molecule has 2 N–H and O–H groups in total. The summed E-state index contributed by atoms with van der Waals surface area (Å²) in [6, 6.07) is 2.27. The molecule has 0 saturated heterocycles. The fourth-order valence-electron chi connectivity index (χ4n) is 2.84. The maximum absolute atomic E-state index is 13.8. The van der Waals surface area contributed by atoms with Crippen molar-refractivity contribution in [3.05, 3.63) is 40.0 Å². The average molecular weight is 483 g/mol. The Morgan fingerprint density at radius 2 is 2.00 bits per heavy atom. The van der Waals surface area contributed by atoms with Crippen LogP contribution in [-0.4, -0.2) is 50.0 Å². The van der Waals surface area contributed by atoms with Crippen LogP contribution in [0.2, 0.25) is 5.02 Å². The summed E-state index contributed by atoms with van der Waals surface area (Å²) in [5.41, 5.74) is 1.58. The molecule has 0 aliphatic heterocycles. The van der Waals surface area contributed by atoms with Crippen molar-refractivity contribution in [1.29, 1.82) is 0 Å². The van der Waals surface area contributed by atoms with Crippen LogP contribution in [0.4, 0.5) is 31.0 Å². The van der Waals surface area contributed by atoms with Crippen molar-refractivity contribution in [2.75, 3.05) is 38.0 Å². The molecule has 0 bridgehead atoms. The Hall–Kier alpha value is -3.01. The predicted octanol–water partition coefficient (Wildman–Crippen LogP) is 5.01. The van der Waals surface area contributed by atoms with Gasteiger partial charge in [0.2, 0.25) is 5.95 Å². The van der Waals surface area contributed by atoms with E-state index in [0.717, 1.165) is 31.0 Å². The first-order valence-electron chi connectivity index (χ1n) is 10.5. The molecule has 11 heteroatoms. The molecule has 0 spiro atoms. The molecule has 0 fully saturated rings. The molecule has 0 aliphatic rings. The minimum atomic E-state index is -0.893. The van der Waals surface area contributed by atoms with E-state index in [2.05, 4.69) is 25.6 Å². The number of hydrogen-bond donors (Lipinski definition) is 2. The van der Waals surface area contributed by atoms with E-state index >= 15 is 0 Å². The molecule has 180 valence electrons. The molecule has 2 aromatic rings. The second-order valence-electron chi connectivity index (χ2n) is 7.44. The molecule has 33 heavy (non-hydrogen) atoms. The number of halogens is 3. The fraction of sp³-hybridized carbons (Fsp3) is 0.455. The molecule has 2 rings (SSSR count). The van der Waals surface area contributed by atoms with Crippen molar-refractivity contribution < 1.29 is 18.3 Å². The Kier molecular flexibility index (Phi) is 10.2. The number of amides is 1. The second-order valence-corrected chi connectivity index (χ2v) is 7.81. The van der Waals surface area contributed by atoms with Gasteiger partial charge in [-0.15, -0.1) is 0 Å². The third-order valence-electron chi connectivity index (χ3n) is 4.65. The van der Waals surface area contributed by atoms with Gasteiger partial charge in [0, 0.05) is 39.5 Å². The largest absolute Gasteiger partial charge is 0.450 e. The zero-order valence-corrected chi connectivity index (χ0v) is 20.0. The van der Waals surface area contributed by atoms with Crippen LogP contribution in [-0.2, 0) is 11.3 Å². The normalized spacial score (nSPS) is 11.0. The van der Waals surface area contributed by atoms with E-state index in [9.17, 15) is 13.6 Å². The number of carbonyl (C=O) groups is 1. The van der Waals surface area contributed by atoms with Crippen LogP contribution in [0.3, 0.4) is 0 Å². The van der Waals surface area contributed by atoms with Crippen LogP contribution in [0.1, 0.15) is 36.9 Å². The van der Waals surface area contributed by atoms with Gasteiger partial charge in [-0.3, -0.25) is 4.99 Å². The predicted molar refractivity (Wildman–Crippen MR) is 127 cm³/mol. The number of hydrogen-bond acceptors (Lipinski definition) is 7. The number of anilines is 2. The quantitative estimate of drug-likeness (QED) is 0.265. The summed E-state index contributed by atoms with van der Waals surface area (Å²) in [7, 11) is 5.56. The number of alkyl carbamates (subject to hydrolysis) is 1. The highest BCUT2D eigenvalue weighted by Gasteiger charge is 2.13. The third kappa shape index (κ3) is 7.81. The van der Waals surface area contributed by atoms with Gasteiger partial charge in [-0.2, -0.15) is 4.98 Å². The molecule has 1 aromatic heterocycles. The van der Waals surface area contributed by atoms with Gasteiger partial charge in [0.15, 0.2) is 5.82 Å². The van der Waals surface area contributed by atoms with E-state index in [1.807, 2.05) is 32.1 Å². The molecular weight excluding hydrogens is 454 g/mol. The van der Waals surface area contributed by atoms with Gasteiger partial charge in [0.1, 0.15) is 22.3 Å². The van der Waals surface area contributed by atoms with Gasteiger partial charge < -0.3 is 20.3 Å². The number of benzene rings is 1. The molecule has 0 radical (unpaired) electrons. The number of aromatic nitrogens is 2. The minimum Gasteiger partial charge on any atom is -0.450 e. The van der Waals surface area contributed by atoms with Gasteiger partial charge in [0.25, 0.3) is 0 Å². The van der Waals surface area contributed by atoms with Crippen molar-refractivity contribution in [3.8, 4) is 0 Å². The highest BCUT2D eigenvalue weighted by atomic mass is 35.5. The summed E-state index contributed by atoms with van der Waals surface area (Å²) in [6.07, 6.45) is 4.31. The van der Waals surface area contributed by atoms with Gasteiger partial charge in [-0.25, -0.2) is 18.6 Å². The van der Waals surface area contributed by atoms with Crippen molar-refractivity contribution in [3.63, 3.8) is 0 Å². The lowest BCUT2D eigenvalue weighted by Crippen LogP contribution is -2.24. The Morgan fingerprint density at radius 1 is 1.24 bits per heavy atom. The molecule has 0 atom stereocenters. The molecule has 0 aliphatic carbocycles. The number of ether oxygens (including phenoxy) is 1. The van der Waals surface area contributed by atoms with E-state index < -0.39 is 22.8 Å². The lowest BCUT2D eigenvalue weighted by molar-refractivity contribution is 0.143. The molecule has 0 unspecified atom stereocenters. The molecule has 1 amide bonds. The van der Waals surface area contributed by atoms with Crippen LogP contribution < -0.4 is 15.5 Å². The molecule has 8 nitrogen and oxygen atoms in total. The van der Waals surface area contributed by atoms with Crippen molar-refractivity contribution >= 4 is 41.4 Å². The summed E-state index contributed by atoms with van der Waals surface area (Å²) in [5.74, 6) is -0.453. The van der Waals surface area contributed by atoms with Crippen LogP contribution in [0, 0.1) is 18.6 Å². The Labute approximate surface area is 197 Å². The topological polar surface area (TPSA) is 91.7 Å².